The van der Waals surface area contributed by atoms with Crippen LogP contribution in [0.5, 0.6) is 0 Å². The first kappa shape index (κ1) is 17.5. The topological polar surface area (TPSA) is 94.3 Å². The van der Waals surface area contributed by atoms with Gasteiger partial charge in [-0.2, -0.15) is 0 Å². The number of carbonyl (C=O) groups is 3. The van der Waals surface area contributed by atoms with E-state index in [1.54, 1.807) is 29.2 Å². The van der Waals surface area contributed by atoms with Gasteiger partial charge in [-0.25, -0.2) is 0 Å². The highest BCUT2D eigenvalue weighted by molar-refractivity contribution is 6.10. The molecule has 0 bridgehead atoms. The van der Waals surface area contributed by atoms with Crippen molar-refractivity contribution in [1.82, 2.24) is 15.2 Å². The van der Waals surface area contributed by atoms with Gasteiger partial charge < -0.3 is 20.5 Å². The molecule has 0 aliphatic carbocycles. The summed E-state index contributed by atoms with van der Waals surface area (Å²) in [6, 6.07) is 14.0. The summed E-state index contributed by atoms with van der Waals surface area (Å²) in [5.74, 6) is -0.881. The number of nitrogens with one attached hydrogen (secondary N) is 3. The predicted octanol–water partition coefficient (Wildman–Crippen LogP) is 2.19. The Morgan fingerprint density at radius 1 is 1.07 bits per heavy atom. The molecule has 3 aromatic rings. The van der Waals surface area contributed by atoms with Crippen molar-refractivity contribution < 1.29 is 14.4 Å². The number of para-hydroxylation sites is 2. The van der Waals surface area contributed by atoms with Gasteiger partial charge in [-0.15, -0.1) is 0 Å². The molecule has 1 aromatic heterocycles. The SMILES string of the molecule is O=C1NC(CC(=O)N2CCc3c([nH]c4ccccc34)C2)C(=O)Nc2ccccc21. The second-order valence-electron chi connectivity index (χ2n) is 7.46. The quantitative estimate of drug-likeness (QED) is 0.628. The number of aromatic amines is 1. The molecule has 0 saturated heterocycles. The van der Waals surface area contributed by atoms with E-state index in [2.05, 4.69) is 21.7 Å². The van der Waals surface area contributed by atoms with Crippen molar-refractivity contribution >= 4 is 34.3 Å². The Labute approximate surface area is 167 Å². The van der Waals surface area contributed by atoms with E-state index in [0.29, 0.717) is 24.3 Å². The largest absolute Gasteiger partial charge is 0.357 e. The van der Waals surface area contributed by atoms with Crippen molar-refractivity contribution in [3.63, 3.8) is 0 Å². The number of aromatic nitrogens is 1. The van der Waals surface area contributed by atoms with Crippen LogP contribution in [-0.2, 0) is 22.6 Å². The second kappa shape index (κ2) is 6.77. The van der Waals surface area contributed by atoms with Crippen molar-refractivity contribution in [1.29, 1.82) is 0 Å². The van der Waals surface area contributed by atoms with E-state index in [1.165, 1.54) is 10.9 Å². The summed E-state index contributed by atoms with van der Waals surface area (Å²) in [4.78, 5) is 43.1. The van der Waals surface area contributed by atoms with Gasteiger partial charge >= 0.3 is 0 Å². The Kier molecular flexibility index (Phi) is 4.08. The van der Waals surface area contributed by atoms with Gasteiger partial charge in [-0.05, 0) is 30.2 Å². The third kappa shape index (κ3) is 3.04. The lowest BCUT2D eigenvalue weighted by molar-refractivity contribution is -0.134. The van der Waals surface area contributed by atoms with E-state index in [9.17, 15) is 14.4 Å². The molecule has 1 atom stereocenters. The Morgan fingerprint density at radius 3 is 2.76 bits per heavy atom. The van der Waals surface area contributed by atoms with Gasteiger partial charge in [0.15, 0.2) is 0 Å². The number of rotatable bonds is 2. The van der Waals surface area contributed by atoms with Crippen LogP contribution in [0.4, 0.5) is 5.69 Å². The Balaban J connectivity index is 1.32. The Hall–Kier alpha value is -3.61. The number of H-pyrrole nitrogens is 1. The highest BCUT2D eigenvalue weighted by atomic mass is 16.2. The average Bonchev–Trinajstić information content (AvgIpc) is 3.05. The number of benzene rings is 2. The van der Waals surface area contributed by atoms with Crippen LogP contribution in [0.15, 0.2) is 48.5 Å². The molecule has 3 N–H and O–H groups in total. The summed E-state index contributed by atoms with van der Waals surface area (Å²) in [5.41, 5.74) is 4.22. The summed E-state index contributed by atoms with van der Waals surface area (Å²) >= 11 is 0. The fourth-order valence-corrected chi connectivity index (χ4v) is 4.16. The predicted molar refractivity (Wildman–Crippen MR) is 108 cm³/mol. The van der Waals surface area contributed by atoms with Crippen LogP contribution in [-0.4, -0.2) is 40.2 Å². The zero-order chi connectivity index (χ0) is 20.0. The Bertz CT molecular complexity index is 1150. The maximum atomic E-state index is 12.9. The molecule has 2 aromatic carbocycles. The number of hydrogen-bond acceptors (Lipinski definition) is 3. The molecule has 2 aliphatic heterocycles. The summed E-state index contributed by atoms with van der Waals surface area (Å²) in [5, 5.41) is 6.63. The third-order valence-electron chi connectivity index (χ3n) is 5.67. The smallest absolute Gasteiger partial charge is 0.254 e. The van der Waals surface area contributed by atoms with Crippen molar-refractivity contribution in [3.05, 3.63) is 65.4 Å². The van der Waals surface area contributed by atoms with E-state index in [0.717, 1.165) is 17.6 Å². The third-order valence-corrected chi connectivity index (χ3v) is 5.67. The molecule has 7 nitrogen and oxygen atoms in total. The minimum atomic E-state index is -0.897. The van der Waals surface area contributed by atoms with Crippen molar-refractivity contribution in [2.45, 2.75) is 25.4 Å². The van der Waals surface area contributed by atoms with Gasteiger partial charge in [-0.3, -0.25) is 14.4 Å². The zero-order valence-corrected chi connectivity index (χ0v) is 15.7. The molecule has 0 spiro atoms. The number of amides is 3. The van der Waals surface area contributed by atoms with Crippen LogP contribution < -0.4 is 10.6 Å². The molecule has 5 rings (SSSR count). The summed E-state index contributed by atoms with van der Waals surface area (Å²) < 4.78 is 0. The molecule has 2 aliphatic rings. The number of anilines is 1. The van der Waals surface area contributed by atoms with Gasteiger partial charge in [0.25, 0.3) is 5.91 Å². The number of nitrogens with zero attached hydrogens (tertiary/aromatic N) is 1. The first-order valence-electron chi connectivity index (χ1n) is 9.67. The molecule has 7 heteroatoms. The summed E-state index contributed by atoms with van der Waals surface area (Å²) in [6.07, 6.45) is 0.695. The lowest BCUT2D eigenvalue weighted by atomic mass is 10.0. The van der Waals surface area contributed by atoms with Crippen LogP contribution in [0.1, 0.15) is 28.0 Å². The standard InChI is InChI=1S/C22H20N4O3/c27-20(11-18-22(29)24-17-8-4-2-6-15(17)21(28)25-18)26-10-9-14-13-5-1-3-7-16(13)23-19(14)12-26/h1-8,18,23H,9-12H2,(H,24,29)(H,25,28). The van der Waals surface area contributed by atoms with E-state index >= 15 is 0 Å². The molecule has 29 heavy (non-hydrogen) atoms. The van der Waals surface area contributed by atoms with Gasteiger partial charge in [-0.1, -0.05) is 30.3 Å². The van der Waals surface area contributed by atoms with Gasteiger partial charge in [0, 0.05) is 23.1 Å². The maximum Gasteiger partial charge on any atom is 0.254 e. The first-order valence-corrected chi connectivity index (χ1v) is 9.67. The van der Waals surface area contributed by atoms with Gasteiger partial charge in [0.05, 0.1) is 24.2 Å². The van der Waals surface area contributed by atoms with E-state index in [4.69, 9.17) is 0 Å². The highest BCUT2D eigenvalue weighted by Gasteiger charge is 2.32. The minimum absolute atomic E-state index is 0.0683. The monoisotopic (exact) mass is 388 g/mol. The molecule has 146 valence electrons. The van der Waals surface area contributed by atoms with Crippen molar-refractivity contribution in [3.8, 4) is 0 Å². The molecule has 0 saturated carbocycles. The molecule has 1 unspecified atom stereocenters. The minimum Gasteiger partial charge on any atom is -0.357 e. The van der Waals surface area contributed by atoms with Gasteiger partial charge in [0.1, 0.15) is 6.04 Å². The molecule has 3 amide bonds. The molecule has 0 fully saturated rings. The number of hydrogen-bond donors (Lipinski definition) is 3. The fraction of sp³-hybridized carbons (Fsp3) is 0.227. The zero-order valence-electron chi connectivity index (χ0n) is 15.7. The Morgan fingerprint density at radius 2 is 1.86 bits per heavy atom. The maximum absolute atomic E-state index is 12.9. The van der Waals surface area contributed by atoms with Crippen LogP contribution in [0.25, 0.3) is 10.9 Å². The molecular formula is C22H20N4O3. The van der Waals surface area contributed by atoms with E-state index < -0.39 is 6.04 Å². The van der Waals surface area contributed by atoms with Crippen LogP contribution >= 0.6 is 0 Å². The van der Waals surface area contributed by atoms with E-state index in [1.807, 2.05) is 18.2 Å². The summed E-state index contributed by atoms with van der Waals surface area (Å²) in [6.45, 7) is 1.07. The molecule has 0 radical (unpaired) electrons. The van der Waals surface area contributed by atoms with Crippen LogP contribution in [0.2, 0.25) is 0 Å². The molecule has 3 heterocycles. The highest BCUT2D eigenvalue weighted by Crippen LogP contribution is 2.28. The van der Waals surface area contributed by atoms with Crippen LogP contribution in [0.3, 0.4) is 0 Å². The van der Waals surface area contributed by atoms with Crippen molar-refractivity contribution in [2.24, 2.45) is 0 Å². The average molecular weight is 388 g/mol. The number of fused-ring (bicyclic) bond motifs is 4. The normalized spacial score (nSPS) is 18.5. The van der Waals surface area contributed by atoms with E-state index in [-0.39, 0.29) is 24.1 Å². The first-order chi connectivity index (χ1) is 14.1. The lowest BCUT2D eigenvalue weighted by Gasteiger charge is -2.28. The summed E-state index contributed by atoms with van der Waals surface area (Å²) in [7, 11) is 0. The van der Waals surface area contributed by atoms with Crippen LogP contribution in [0, 0.1) is 0 Å². The number of carbonyl (C=O) groups excluding carboxylic acids is 3. The lowest BCUT2D eigenvalue weighted by Crippen LogP contribution is -2.46. The van der Waals surface area contributed by atoms with Gasteiger partial charge in [0.2, 0.25) is 11.8 Å². The molecular weight excluding hydrogens is 368 g/mol. The fourth-order valence-electron chi connectivity index (χ4n) is 4.16. The van der Waals surface area contributed by atoms with Crippen molar-refractivity contribution in [2.75, 3.05) is 11.9 Å². The second-order valence-corrected chi connectivity index (χ2v) is 7.46.